The molecular formula is C22H39N3O2Si. The van der Waals surface area contributed by atoms with Crippen LogP contribution >= 0.6 is 0 Å². The summed E-state index contributed by atoms with van der Waals surface area (Å²) < 4.78 is 6.32. The molecule has 3 N–H and O–H groups in total. The van der Waals surface area contributed by atoms with Crippen LogP contribution in [0.2, 0.25) is 18.1 Å². The van der Waals surface area contributed by atoms with Gasteiger partial charge in [0, 0.05) is 24.3 Å². The number of amides is 1. The second-order valence-corrected chi connectivity index (χ2v) is 14.7. The van der Waals surface area contributed by atoms with Gasteiger partial charge in [-0.3, -0.25) is 4.79 Å². The molecule has 1 heterocycles. The zero-order valence-corrected chi connectivity index (χ0v) is 19.6. The van der Waals surface area contributed by atoms with Crippen molar-refractivity contribution in [2.45, 2.75) is 77.3 Å². The Balaban J connectivity index is 1.80. The second kappa shape index (κ2) is 9.52. The maximum Gasteiger partial charge on any atom is 0.241 e. The van der Waals surface area contributed by atoms with Crippen LogP contribution in [0.15, 0.2) is 30.3 Å². The Kier molecular flexibility index (Phi) is 7.85. The van der Waals surface area contributed by atoms with Gasteiger partial charge < -0.3 is 20.4 Å². The number of benzene rings is 1. The molecule has 0 radical (unpaired) electrons. The van der Waals surface area contributed by atoms with E-state index in [1.54, 1.807) is 0 Å². The number of anilines is 1. The molecule has 0 aliphatic carbocycles. The Morgan fingerprint density at radius 2 is 1.82 bits per heavy atom. The third kappa shape index (κ3) is 6.99. The average Bonchev–Trinajstić information content (AvgIpc) is 3.35. The summed E-state index contributed by atoms with van der Waals surface area (Å²) in [6.07, 6.45) is 0.816. The second-order valence-electron chi connectivity index (χ2n) is 9.90. The van der Waals surface area contributed by atoms with Crippen LogP contribution in [0.1, 0.15) is 41.0 Å². The van der Waals surface area contributed by atoms with Gasteiger partial charge in [0.1, 0.15) is 0 Å². The number of rotatable bonds is 10. The van der Waals surface area contributed by atoms with Crippen molar-refractivity contribution in [2.75, 3.05) is 18.5 Å². The lowest BCUT2D eigenvalue weighted by molar-refractivity contribution is -0.118. The van der Waals surface area contributed by atoms with E-state index < -0.39 is 8.32 Å². The Bertz CT molecular complexity index is 628. The first-order valence-electron chi connectivity index (χ1n) is 10.5. The number of hydrogen-bond donors (Lipinski definition) is 3. The molecule has 1 amide bonds. The summed E-state index contributed by atoms with van der Waals surface area (Å²) in [7, 11) is -1.71. The Morgan fingerprint density at radius 3 is 2.39 bits per heavy atom. The molecule has 1 aromatic rings. The molecule has 6 heteroatoms. The topological polar surface area (TPSA) is 72.3 Å². The summed E-state index contributed by atoms with van der Waals surface area (Å²) in [5.41, 5.74) is 0.841. The van der Waals surface area contributed by atoms with E-state index in [9.17, 15) is 4.79 Å². The summed E-state index contributed by atoms with van der Waals surface area (Å²) in [4.78, 5) is 12.7. The minimum absolute atomic E-state index is 0.0367. The van der Waals surface area contributed by atoms with Crippen molar-refractivity contribution in [1.29, 1.82) is 0 Å². The fourth-order valence-corrected chi connectivity index (χ4v) is 3.90. The summed E-state index contributed by atoms with van der Waals surface area (Å²) in [6, 6.07) is 10.2. The van der Waals surface area contributed by atoms with E-state index >= 15 is 0 Å². The van der Waals surface area contributed by atoms with Crippen molar-refractivity contribution in [2.24, 2.45) is 5.92 Å². The van der Waals surface area contributed by atoms with Gasteiger partial charge in [-0.15, -0.1) is 0 Å². The molecule has 1 aliphatic rings. The van der Waals surface area contributed by atoms with E-state index in [1.165, 1.54) is 0 Å². The van der Waals surface area contributed by atoms with Crippen LogP contribution in [-0.2, 0) is 9.22 Å². The fraction of sp³-hybridized carbons (Fsp3) is 0.682. The lowest BCUT2D eigenvalue weighted by Crippen LogP contribution is -2.44. The van der Waals surface area contributed by atoms with Gasteiger partial charge in [-0.2, -0.15) is 0 Å². The van der Waals surface area contributed by atoms with Crippen molar-refractivity contribution >= 4 is 19.9 Å². The van der Waals surface area contributed by atoms with Gasteiger partial charge in [0.15, 0.2) is 8.32 Å². The third-order valence-corrected chi connectivity index (χ3v) is 10.4. The highest BCUT2D eigenvalue weighted by atomic mass is 28.4. The number of nitrogens with one attached hydrogen (secondary N) is 3. The van der Waals surface area contributed by atoms with Crippen LogP contribution in [-0.4, -0.2) is 45.5 Å². The summed E-state index contributed by atoms with van der Waals surface area (Å²) in [6.45, 7) is 17.2. The van der Waals surface area contributed by atoms with Gasteiger partial charge in [0.2, 0.25) is 5.91 Å². The van der Waals surface area contributed by atoms with Gasteiger partial charge in [-0.25, -0.2) is 0 Å². The van der Waals surface area contributed by atoms with Gasteiger partial charge in [-0.1, -0.05) is 52.8 Å². The number of carbonyl (C=O) groups excluding carboxylic acids is 1. The Hall–Kier alpha value is -1.21. The standard InChI is InChI=1S/C22H39N3O2Si/c1-16(2)13-18(21(26)24-17-11-9-8-10-12-17)23-14-19-20(25-19)15-27-28(6,7)22(3,4)5/h8-12,16,18-20,23,25H,13-15H2,1-7H3,(H,24,26)/t18-,19+,20-/m0/s1. The van der Waals surface area contributed by atoms with Crippen molar-refractivity contribution in [3.8, 4) is 0 Å². The molecule has 0 spiro atoms. The highest BCUT2D eigenvalue weighted by Gasteiger charge is 2.42. The fourth-order valence-electron chi connectivity index (χ4n) is 2.87. The van der Waals surface area contributed by atoms with E-state index in [4.69, 9.17) is 4.43 Å². The SMILES string of the molecule is CC(C)C[C@H](NC[C@H]1N[C@H]1CO[Si](C)(C)C(C)(C)C)C(=O)Nc1ccccc1. The molecule has 158 valence electrons. The Labute approximate surface area is 172 Å². The van der Waals surface area contributed by atoms with E-state index in [0.717, 1.165) is 25.3 Å². The van der Waals surface area contributed by atoms with E-state index in [-0.39, 0.29) is 17.0 Å². The molecule has 0 aromatic heterocycles. The zero-order valence-electron chi connectivity index (χ0n) is 18.6. The summed E-state index contributed by atoms with van der Waals surface area (Å²) >= 11 is 0. The average molecular weight is 406 g/mol. The minimum atomic E-state index is -1.71. The summed E-state index contributed by atoms with van der Waals surface area (Å²) in [5.74, 6) is 0.485. The van der Waals surface area contributed by atoms with Crippen LogP contribution in [0.3, 0.4) is 0 Å². The van der Waals surface area contributed by atoms with Gasteiger partial charge in [0.05, 0.1) is 12.6 Å². The first-order chi connectivity index (χ1) is 13.0. The molecule has 0 unspecified atom stereocenters. The summed E-state index contributed by atoms with van der Waals surface area (Å²) in [5, 5.41) is 10.2. The van der Waals surface area contributed by atoms with E-state index in [1.807, 2.05) is 30.3 Å². The number of carbonyl (C=O) groups is 1. The molecule has 1 fully saturated rings. The molecular weight excluding hydrogens is 366 g/mol. The van der Waals surface area contributed by atoms with Crippen LogP contribution < -0.4 is 16.0 Å². The lowest BCUT2D eigenvalue weighted by atomic mass is 10.0. The van der Waals surface area contributed by atoms with Gasteiger partial charge >= 0.3 is 0 Å². The molecule has 1 aromatic carbocycles. The van der Waals surface area contributed by atoms with Crippen LogP contribution in [0.25, 0.3) is 0 Å². The maximum absolute atomic E-state index is 12.7. The molecule has 3 atom stereocenters. The predicted octanol–water partition coefficient (Wildman–Crippen LogP) is 3.99. The van der Waals surface area contributed by atoms with Crippen LogP contribution in [0.4, 0.5) is 5.69 Å². The van der Waals surface area contributed by atoms with Gasteiger partial charge in [-0.05, 0) is 42.6 Å². The molecule has 2 rings (SSSR count). The molecule has 1 aliphatic heterocycles. The highest BCUT2D eigenvalue weighted by molar-refractivity contribution is 6.74. The normalized spacial score (nSPS) is 20.9. The first-order valence-corrected chi connectivity index (χ1v) is 13.4. The first kappa shape index (κ1) is 23.1. The smallest absolute Gasteiger partial charge is 0.241 e. The van der Waals surface area contributed by atoms with E-state index in [2.05, 4.69) is 63.7 Å². The minimum Gasteiger partial charge on any atom is -0.415 e. The van der Waals surface area contributed by atoms with Crippen LogP contribution in [0.5, 0.6) is 0 Å². The van der Waals surface area contributed by atoms with Crippen molar-refractivity contribution in [3.63, 3.8) is 0 Å². The van der Waals surface area contributed by atoms with Crippen molar-refractivity contribution in [1.82, 2.24) is 10.6 Å². The number of para-hydroxylation sites is 1. The van der Waals surface area contributed by atoms with Gasteiger partial charge in [0.25, 0.3) is 0 Å². The molecule has 0 bridgehead atoms. The monoisotopic (exact) mass is 405 g/mol. The highest BCUT2D eigenvalue weighted by Crippen LogP contribution is 2.37. The zero-order chi connectivity index (χ0) is 20.9. The lowest BCUT2D eigenvalue weighted by Gasteiger charge is -2.36. The molecule has 5 nitrogen and oxygen atoms in total. The van der Waals surface area contributed by atoms with Crippen molar-refractivity contribution < 1.29 is 9.22 Å². The van der Waals surface area contributed by atoms with E-state index in [0.29, 0.717) is 18.0 Å². The largest absolute Gasteiger partial charge is 0.415 e. The quantitative estimate of drug-likeness (QED) is 0.406. The third-order valence-electron chi connectivity index (χ3n) is 5.88. The van der Waals surface area contributed by atoms with Crippen molar-refractivity contribution in [3.05, 3.63) is 30.3 Å². The number of hydrogen-bond acceptors (Lipinski definition) is 4. The molecule has 0 saturated carbocycles. The molecule has 28 heavy (non-hydrogen) atoms. The maximum atomic E-state index is 12.7. The molecule has 1 saturated heterocycles. The van der Waals surface area contributed by atoms with Crippen LogP contribution in [0, 0.1) is 5.92 Å². The predicted molar refractivity (Wildman–Crippen MR) is 120 cm³/mol. The Morgan fingerprint density at radius 1 is 1.18 bits per heavy atom.